The molecule has 0 bridgehead atoms. The number of nitrogens with two attached hydrogens (primary N) is 1. The third-order valence-electron chi connectivity index (χ3n) is 3.74. The third-order valence-corrected chi connectivity index (χ3v) is 4.05. The van der Waals surface area contributed by atoms with E-state index < -0.39 is 17.4 Å². The summed E-state index contributed by atoms with van der Waals surface area (Å²) in [5, 5.41) is 0.534. The van der Waals surface area contributed by atoms with E-state index in [9.17, 15) is 9.18 Å². The molecule has 1 heterocycles. The predicted octanol–water partition coefficient (Wildman–Crippen LogP) is 3.59. The Labute approximate surface area is 137 Å². The van der Waals surface area contributed by atoms with E-state index in [0.29, 0.717) is 17.8 Å². The van der Waals surface area contributed by atoms with Crippen molar-refractivity contribution in [2.24, 2.45) is 5.73 Å². The molecule has 2 aromatic carbocycles. The Balaban J connectivity index is 2.48. The molecular weight excluding hydrogens is 317 g/mol. The second-order valence-corrected chi connectivity index (χ2v) is 5.62. The van der Waals surface area contributed by atoms with Crippen molar-refractivity contribution in [3.8, 4) is 5.69 Å². The van der Waals surface area contributed by atoms with Gasteiger partial charge < -0.3 is 5.73 Å². The highest BCUT2D eigenvalue weighted by atomic mass is 35.5. The first kappa shape index (κ1) is 15.6. The Morgan fingerprint density at radius 2 is 2.00 bits per heavy atom. The largest absolute Gasteiger partial charge is 0.321 e. The van der Waals surface area contributed by atoms with Crippen LogP contribution in [0, 0.1) is 5.82 Å². The van der Waals surface area contributed by atoms with Crippen LogP contribution in [-0.2, 0) is 0 Å². The van der Waals surface area contributed by atoms with Crippen LogP contribution in [0.15, 0.2) is 47.3 Å². The van der Waals surface area contributed by atoms with Crippen LogP contribution in [0.3, 0.4) is 0 Å². The first-order valence-corrected chi connectivity index (χ1v) is 7.64. The van der Waals surface area contributed by atoms with Crippen LogP contribution in [0.2, 0.25) is 5.02 Å². The second-order valence-electron chi connectivity index (χ2n) is 5.21. The van der Waals surface area contributed by atoms with Crippen molar-refractivity contribution < 1.29 is 4.39 Å². The molecule has 0 amide bonds. The van der Waals surface area contributed by atoms with Crippen molar-refractivity contribution in [2.75, 3.05) is 0 Å². The van der Waals surface area contributed by atoms with Crippen LogP contribution in [0.4, 0.5) is 4.39 Å². The SMILES string of the molecule is CCC(N)c1nc2cccc(Cl)c2c(=O)n1-c1ccccc1F. The van der Waals surface area contributed by atoms with Crippen molar-refractivity contribution in [3.05, 3.63) is 69.5 Å². The Bertz CT molecular complexity index is 939. The molecular formula is C17H15ClFN3O. The number of rotatable bonds is 3. The monoisotopic (exact) mass is 331 g/mol. The van der Waals surface area contributed by atoms with Gasteiger partial charge in [-0.2, -0.15) is 0 Å². The molecule has 0 radical (unpaired) electrons. The van der Waals surface area contributed by atoms with E-state index in [2.05, 4.69) is 4.98 Å². The summed E-state index contributed by atoms with van der Waals surface area (Å²) in [6.45, 7) is 1.88. The zero-order valence-electron chi connectivity index (χ0n) is 12.5. The molecule has 1 atom stereocenters. The summed E-state index contributed by atoms with van der Waals surface area (Å²) in [5.74, 6) is -0.204. The summed E-state index contributed by atoms with van der Waals surface area (Å²) in [4.78, 5) is 17.4. The molecule has 0 aliphatic rings. The van der Waals surface area contributed by atoms with Gasteiger partial charge in [0.25, 0.3) is 5.56 Å². The van der Waals surface area contributed by atoms with E-state index >= 15 is 0 Å². The molecule has 2 N–H and O–H groups in total. The summed E-state index contributed by atoms with van der Waals surface area (Å²) in [6, 6.07) is 10.6. The topological polar surface area (TPSA) is 60.9 Å². The summed E-state index contributed by atoms with van der Waals surface area (Å²) in [7, 11) is 0. The highest BCUT2D eigenvalue weighted by molar-refractivity contribution is 6.35. The molecule has 0 spiro atoms. The Hall–Kier alpha value is -2.24. The fourth-order valence-electron chi connectivity index (χ4n) is 2.50. The van der Waals surface area contributed by atoms with Gasteiger partial charge in [-0.1, -0.05) is 36.7 Å². The molecule has 118 valence electrons. The van der Waals surface area contributed by atoms with Crippen LogP contribution in [0.1, 0.15) is 25.2 Å². The number of nitrogens with zero attached hydrogens (tertiary/aromatic N) is 2. The highest BCUT2D eigenvalue weighted by Gasteiger charge is 2.20. The summed E-state index contributed by atoms with van der Waals surface area (Å²) in [6.07, 6.45) is 0.562. The first-order chi connectivity index (χ1) is 11.0. The first-order valence-electron chi connectivity index (χ1n) is 7.26. The zero-order chi connectivity index (χ0) is 16.6. The molecule has 0 saturated carbocycles. The van der Waals surface area contributed by atoms with E-state index in [-0.39, 0.29) is 16.1 Å². The predicted molar refractivity (Wildman–Crippen MR) is 89.5 cm³/mol. The summed E-state index contributed by atoms with van der Waals surface area (Å²) in [5.41, 5.74) is 6.25. The molecule has 0 saturated heterocycles. The molecule has 3 rings (SSSR count). The van der Waals surface area contributed by atoms with Gasteiger partial charge in [-0.05, 0) is 30.7 Å². The zero-order valence-corrected chi connectivity index (χ0v) is 13.2. The van der Waals surface area contributed by atoms with Crippen LogP contribution < -0.4 is 11.3 Å². The van der Waals surface area contributed by atoms with Gasteiger partial charge in [0, 0.05) is 0 Å². The number of hydrogen-bond acceptors (Lipinski definition) is 3. The lowest BCUT2D eigenvalue weighted by Crippen LogP contribution is -2.29. The quantitative estimate of drug-likeness (QED) is 0.797. The van der Waals surface area contributed by atoms with Crippen LogP contribution in [-0.4, -0.2) is 9.55 Å². The Morgan fingerprint density at radius 1 is 1.26 bits per heavy atom. The van der Waals surface area contributed by atoms with Gasteiger partial charge in [-0.25, -0.2) is 9.37 Å². The van der Waals surface area contributed by atoms with E-state index in [1.54, 1.807) is 30.3 Å². The van der Waals surface area contributed by atoms with E-state index in [1.165, 1.54) is 16.7 Å². The van der Waals surface area contributed by atoms with Crippen molar-refractivity contribution in [3.63, 3.8) is 0 Å². The van der Waals surface area contributed by atoms with Crippen molar-refractivity contribution in [1.29, 1.82) is 0 Å². The van der Waals surface area contributed by atoms with Gasteiger partial charge in [0.1, 0.15) is 11.6 Å². The third kappa shape index (κ3) is 2.62. The van der Waals surface area contributed by atoms with Gasteiger partial charge in [0.2, 0.25) is 0 Å². The fourth-order valence-corrected chi connectivity index (χ4v) is 2.75. The summed E-state index contributed by atoms with van der Waals surface area (Å²) < 4.78 is 15.5. The average Bonchev–Trinajstić information content (AvgIpc) is 2.55. The van der Waals surface area contributed by atoms with Gasteiger partial charge in [0.05, 0.1) is 27.7 Å². The molecule has 6 heteroatoms. The smallest absolute Gasteiger partial charge is 0.267 e. The average molecular weight is 332 g/mol. The minimum Gasteiger partial charge on any atom is -0.321 e. The van der Waals surface area contributed by atoms with Gasteiger partial charge >= 0.3 is 0 Å². The number of halogens is 2. The van der Waals surface area contributed by atoms with Crippen LogP contribution >= 0.6 is 11.6 Å². The molecule has 23 heavy (non-hydrogen) atoms. The number of fused-ring (bicyclic) bond motifs is 1. The lowest BCUT2D eigenvalue weighted by Gasteiger charge is -2.18. The number of aromatic nitrogens is 2. The molecule has 0 fully saturated rings. The summed E-state index contributed by atoms with van der Waals surface area (Å²) >= 11 is 6.15. The molecule has 0 aliphatic heterocycles. The molecule has 1 aromatic heterocycles. The molecule has 3 aromatic rings. The number of benzene rings is 2. The standard InChI is InChI=1S/C17H15ClFN3O/c1-2-12(20)16-21-13-8-5-6-10(18)15(13)17(23)22(16)14-9-4-3-7-11(14)19/h3-9,12H,2,20H2,1H3. The van der Waals surface area contributed by atoms with Crippen molar-refractivity contribution in [2.45, 2.75) is 19.4 Å². The van der Waals surface area contributed by atoms with Crippen molar-refractivity contribution in [1.82, 2.24) is 9.55 Å². The fraction of sp³-hybridized carbons (Fsp3) is 0.176. The second kappa shape index (κ2) is 6.10. The Morgan fingerprint density at radius 3 is 2.70 bits per heavy atom. The maximum Gasteiger partial charge on any atom is 0.267 e. The molecule has 4 nitrogen and oxygen atoms in total. The number of hydrogen-bond donors (Lipinski definition) is 1. The highest BCUT2D eigenvalue weighted by Crippen LogP contribution is 2.23. The van der Waals surface area contributed by atoms with Gasteiger partial charge in [0.15, 0.2) is 0 Å². The van der Waals surface area contributed by atoms with E-state index in [4.69, 9.17) is 17.3 Å². The normalized spacial score (nSPS) is 12.5. The molecule has 0 aliphatic carbocycles. The minimum atomic E-state index is -0.521. The number of para-hydroxylation sites is 1. The van der Waals surface area contributed by atoms with E-state index in [1.807, 2.05) is 6.92 Å². The van der Waals surface area contributed by atoms with Crippen molar-refractivity contribution >= 4 is 22.5 Å². The lowest BCUT2D eigenvalue weighted by molar-refractivity contribution is 0.588. The Kier molecular flexibility index (Phi) is 4.15. The van der Waals surface area contributed by atoms with Crippen LogP contribution in [0.5, 0.6) is 0 Å². The maximum absolute atomic E-state index is 14.2. The van der Waals surface area contributed by atoms with E-state index in [0.717, 1.165) is 0 Å². The maximum atomic E-state index is 14.2. The van der Waals surface area contributed by atoms with Gasteiger partial charge in [-0.15, -0.1) is 0 Å². The van der Waals surface area contributed by atoms with Gasteiger partial charge in [-0.3, -0.25) is 9.36 Å². The minimum absolute atomic E-state index is 0.116. The van der Waals surface area contributed by atoms with Crippen LogP contribution in [0.25, 0.3) is 16.6 Å². The molecule has 1 unspecified atom stereocenters. The lowest BCUT2D eigenvalue weighted by atomic mass is 10.1.